The molecule has 1 fully saturated rings. The van der Waals surface area contributed by atoms with Crippen molar-refractivity contribution in [2.75, 3.05) is 27.4 Å². The van der Waals surface area contributed by atoms with Crippen LogP contribution in [0.15, 0.2) is 48.0 Å². The second kappa shape index (κ2) is 10.4. The summed E-state index contributed by atoms with van der Waals surface area (Å²) in [5, 5.41) is 11.3. The molecule has 0 bridgehead atoms. The smallest absolute Gasteiger partial charge is 0.295 e. The lowest BCUT2D eigenvalue weighted by atomic mass is 9.94. The third kappa shape index (κ3) is 4.97. The van der Waals surface area contributed by atoms with Crippen LogP contribution in [0, 0.1) is 5.92 Å². The third-order valence-corrected chi connectivity index (χ3v) is 5.45. The van der Waals surface area contributed by atoms with Gasteiger partial charge in [-0.25, -0.2) is 0 Å². The molecule has 33 heavy (non-hydrogen) atoms. The zero-order valence-corrected chi connectivity index (χ0v) is 19.8. The van der Waals surface area contributed by atoms with E-state index >= 15 is 0 Å². The number of methoxy groups -OCH3 is 2. The summed E-state index contributed by atoms with van der Waals surface area (Å²) < 4.78 is 16.4. The topological polar surface area (TPSA) is 85.3 Å². The van der Waals surface area contributed by atoms with Crippen molar-refractivity contribution in [3.05, 3.63) is 59.2 Å². The number of hydrogen-bond acceptors (Lipinski definition) is 6. The van der Waals surface area contributed by atoms with Crippen LogP contribution < -0.4 is 14.2 Å². The van der Waals surface area contributed by atoms with Gasteiger partial charge in [-0.3, -0.25) is 9.59 Å². The number of benzene rings is 2. The second-order valence-corrected chi connectivity index (χ2v) is 8.33. The molecule has 2 aromatic carbocycles. The number of ether oxygens (including phenoxy) is 3. The third-order valence-electron chi connectivity index (χ3n) is 5.45. The Balaban J connectivity index is 2.12. The highest BCUT2D eigenvalue weighted by atomic mass is 16.5. The van der Waals surface area contributed by atoms with E-state index in [2.05, 4.69) is 13.8 Å². The molecule has 0 aliphatic carbocycles. The van der Waals surface area contributed by atoms with Gasteiger partial charge in [0, 0.05) is 6.54 Å². The average molecular weight is 454 g/mol. The summed E-state index contributed by atoms with van der Waals surface area (Å²) in [6.07, 6.45) is 0.668. The van der Waals surface area contributed by atoms with Gasteiger partial charge in [-0.2, -0.15) is 0 Å². The van der Waals surface area contributed by atoms with E-state index < -0.39 is 17.7 Å². The average Bonchev–Trinajstić information content (AvgIpc) is 3.07. The minimum Gasteiger partial charge on any atom is -0.507 e. The van der Waals surface area contributed by atoms with Crippen LogP contribution in [0.5, 0.6) is 17.2 Å². The fourth-order valence-electron chi connectivity index (χ4n) is 3.85. The number of aliphatic hydroxyl groups is 1. The Kier molecular flexibility index (Phi) is 7.63. The molecular formula is C26H31NO6. The van der Waals surface area contributed by atoms with Crippen molar-refractivity contribution in [2.45, 2.75) is 33.2 Å². The Labute approximate surface area is 194 Å². The van der Waals surface area contributed by atoms with Crippen molar-refractivity contribution < 1.29 is 28.9 Å². The minimum absolute atomic E-state index is 0.0239. The monoisotopic (exact) mass is 453 g/mol. The zero-order valence-electron chi connectivity index (χ0n) is 19.8. The molecule has 1 aliphatic rings. The van der Waals surface area contributed by atoms with Crippen molar-refractivity contribution in [3.8, 4) is 17.2 Å². The van der Waals surface area contributed by atoms with Crippen LogP contribution in [-0.4, -0.2) is 49.1 Å². The maximum absolute atomic E-state index is 13.1. The molecule has 1 amide bonds. The van der Waals surface area contributed by atoms with Gasteiger partial charge in [0.2, 0.25) is 0 Å². The first kappa shape index (κ1) is 24.2. The molecule has 1 atom stereocenters. The minimum atomic E-state index is -0.726. The van der Waals surface area contributed by atoms with E-state index in [1.807, 2.05) is 31.2 Å². The molecule has 0 radical (unpaired) electrons. The van der Waals surface area contributed by atoms with Gasteiger partial charge >= 0.3 is 0 Å². The van der Waals surface area contributed by atoms with Gasteiger partial charge in [0.15, 0.2) is 0 Å². The quantitative estimate of drug-likeness (QED) is 0.340. The summed E-state index contributed by atoms with van der Waals surface area (Å²) >= 11 is 0. The number of aliphatic hydroxyl groups excluding tert-OH is 1. The van der Waals surface area contributed by atoms with E-state index in [-0.39, 0.29) is 16.9 Å². The summed E-state index contributed by atoms with van der Waals surface area (Å²) in [6, 6.07) is 11.5. The summed E-state index contributed by atoms with van der Waals surface area (Å²) in [4.78, 5) is 27.5. The summed E-state index contributed by atoms with van der Waals surface area (Å²) in [7, 11) is 2.98. The molecule has 1 unspecified atom stereocenters. The van der Waals surface area contributed by atoms with Gasteiger partial charge in [-0.15, -0.1) is 0 Å². The van der Waals surface area contributed by atoms with Crippen molar-refractivity contribution in [1.82, 2.24) is 4.90 Å². The first-order chi connectivity index (χ1) is 15.8. The first-order valence-corrected chi connectivity index (χ1v) is 11.1. The lowest BCUT2D eigenvalue weighted by molar-refractivity contribution is -0.139. The number of rotatable bonds is 9. The molecule has 1 aliphatic heterocycles. The van der Waals surface area contributed by atoms with Gasteiger partial charge < -0.3 is 24.2 Å². The molecule has 0 aromatic heterocycles. The maximum atomic E-state index is 13.1. The molecule has 2 aromatic rings. The molecule has 3 rings (SSSR count). The van der Waals surface area contributed by atoms with Crippen LogP contribution in [0.25, 0.3) is 5.76 Å². The van der Waals surface area contributed by atoms with E-state index in [4.69, 9.17) is 14.2 Å². The first-order valence-electron chi connectivity index (χ1n) is 11.1. The Morgan fingerprint density at radius 2 is 1.70 bits per heavy atom. The molecule has 176 valence electrons. The highest BCUT2D eigenvalue weighted by Crippen LogP contribution is 2.42. The highest BCUT2D eigenvalue weighted by Gasteiger charge is 2.46. The molecule has 1 saturated heterocycles. The van der Waals surface area contributed by atoms with Crippen LogP contribution in [0.2, 0.25) is 0 Å². The van der Waals surface area contributed by atoms with Crippen LogP contribution in [0.3, 0.4) is 0 Å². The van der Waals surface area contributed by atoms with Gasteiger partial charge in [0.25, 0.3) is 11.7 Å². The van der Waals surface area contributed by atoms with E-state index in [0.717, 1.165) is 0 Å². The van der Waals surface area contributed by atoms with Gasteiger partial charge in [-0.05, 0) is 48.2 Å². The lowest BCUT2D eigenvalue weighted by Gasteiger charge is -2.25. The lowest BCUT2D eigenvalue weighted by Crippen LogP contribution is -2.30. The van der Waals surface area contributed by atoms with Crippen molar-refractivity contribution in [2.24, 2.45) is 5.92 Å². The zero-order chi connectivity index (χ0) is 24.1. The predicted molar refractivity (Wildman–Crippen MR) is 126 cm³/mol. The summed E-state index contributed by atoms with van der Waals surface area (Å²) in [5.74, 6) is 0.289. The van der Waals surface area contributed by atoms with Crippen molar-refractivity contribution in [1.29, 1.82) is 0 Å². The van der Waals surface area contributed by atoms with E-state index in [1.54, 1.807) is 18.2 Å². The van der Waals surface area contributed by atoms with Crippen molar-refractivity contribution >= 4 is 17.4 Å². The van der Waals surface area contributed by atoms with Crippen LogP contribution in [-0.2, 0) is 9.59 Å². The van der Waals surface area contributed by atoms with Crippen LogP contribution >= 0.6 is 0 Å². The fourth-order valence-corrected chi connectivity index (χ4v) is 3.85. The van der Waals surface area contributed by atoms with E-state index in [0.29, 0.717) is 48.3 Å². The number of hydrogen-bond donors (Lipinski definition) is 1. The second-order valence-electron chi connectivity index (χ2n) is 8.33. The Morgan fingerprint density at radius 3 is 2.27 bits per heavy atom. The maximum Gasteiger partial charge on any atom is 0.295 e. The van der Waals surface area contributed by atoms with Gasteiger partial charge in [-0.1, -0.05) is 32.9 Å². The number of carbonyl (C=O) groups excluding carboxylic acids is 2. The Hall–Kier alpha value is -3.48. The molecule has 1 N–H and O–H groups in total. The molecule has 7 nitrogen and oxygen atoms in total. The number of nitrogens with zero attached hydrogens (tertiary/aromatic N) is 1. The largest absolute Gasteiger partial charge is 0.507 e. The molecular weight excluding hydrogens is 422 g/mol. The fraction of sp³-hybridized carbons (Fsp3) is 0.385. The highest BCUT2D eigenvalue weighted by molar-refractivity contribution is 6.46. The van der Waals surface area contributed by atoms with Gasteiger partial charge in [0.1, 0.15) is 23.0 Å². The molecule has 7 heteroatoms. The normalized spacial score (nSPS) is 17.5. The van der Waals surface area contributed by atoms with Crippen LogP contribution in [0.1, 0.15) is 44.4 Å². The Bertz CT molecular complexity index is 1040. The van der Waals surface area contributed by atoms with Crippen molar-refractivity contribution in [3.63, 3.8) is 0 Å². The van der Waals surface area contributed by atoms with E-state index in [1.165, 1.54) is 19.1 Å². The van der Waals surface area contributed by atoms with Gasteiger partial charge in [0.05, 0.1) is 38.0 Å². The summed E-state index contributed by atoms with van der Waals surface area (Å²) in [5.41, 5.74) is 1.02. The predicted octanol–water partition coefficient (Wildman–Crippen LogP) is 4.57. The number of Topliss-reactive ketones (excluding diaryl/α,β-unsaturated/α-hetero) is 1. The number of amides is 1. The number of ketones is 1. The van der Waals surface area contributed by atoms with E-state index in [9.17, 15) is 14.7 Å². The molecule has 0 saturated carbocycles. The SMILES string of the molecule is CCCN1C(=O)C(=O)/C(=C(/O)c2cc(OC)ccc2OC)C1c1ccc(OCC(C)C)cc1. The summed E-state index contributed by atoms with van der Waals surface area (Å²) in [6.45, 7) is 7.04. The molecule has 0 spiro atoms. The number of carbonyl (C=O) groups is 2. The van der Waals surface area contributed by atoms with Crippen LogP contribution in [0.4, 0.5) is 0 Å². The molecule has 1 heterocycles. The number of likely N-dealkylation sites (tertiary alicyclic amines) is 1. The Morgan fingerprint density at radius 1 is 1.03 bits per heavy atom. The standard InChI is InChI=1S/C26H31NO6/c1-6-13-27-23(17-7-9-18(10-8-17)33-15-16(2)3)22(25(29)26(27)30)24(28)20-14-19(31-4)11-12-21(20)32-5/h7-12,14,16,23,28H,6,13,15H2,1-5H3/b24-22+.